The highest BCUT2D eigenvalue weighted by Crippen LogP contribution is 2.27. The summed E-state index contributed by atoms with van der Waals surface area (Å²) in [4.78, 5) is 26.1. The van der Waals surface area contributed by atoms with Crippen molar-refractivity contribution in [2.75, 3.05) is 13.1 Å². The Morgan fingerprint density at radius 3 is 2.79 bits per heavy atom. The van der Waals surface area contributed by atoms with Crippen molar-refractivity contribution in [3.63, 3.8) is 0 Å². The molecule has 1 atom stereocenters. The number of likely N-dealkylation sites (tertiary alicyclic amines) is 1. The van der Waals surface area contributed by atoms with Crippen molar-refractivity contribution in [2.45, 2.75) is 32.3 Å². The molecule has 0 aliphatic carbocycles. The van der Waals surface area contributed by atoms with Crippen molar-refractivity contribution in [1.82, 2.24) is 10.3 Å². The van der Waals surface area contributed by atoms with E-state index in [-0.39, 0.29) is 30.4 Å². The van der Waals surface area contributed by atoms with Crippen LogP contribution in [0.4, 0.5) is 0 Å². The maximum atomic E-state index is 12.3. The minimum absolute atomic E-state index is 0.00660. The minimum Gasteiger partial charge on any atom is -0.490 e. The first kappa shape index (κ1) is 21.0. The average Bonchev–Trinajstić information content (AvgIpc) is 3.04. The summed E-state index contributed by atoms with van der Waals surface area (Å²) in [5, 5.41) is 4.03. The van der Waals surface area contributed by atoms with Gasteiger partial charge in [-0.2, -0.15) is 5.10 Å². The van der Waals surface area contributed by atoms with Gasteiger partial charge in [-0.05, 0) is 37.6 Å². The monoisotopic (exact) mass is 457 g/mol. The molecule has 1 unspecified atom stereocenters. The van der Waals surface area contributed by atoms with Crippen molar-refractivity contribution >= 4 is 34.0 Å². The molecule has 7 heteroatoms. The van der Waals surface area contributed by atoms with Crippen LogP contribution in [0.1, 0.15) is 37.3 Å². The molecule has 0 spiro atoms. The van der Waals surface area contributed by atoms with E-state index in [0.29, 0.717) is 18.7 Å². The van der Waals surface area contributed by atoms with E-state index in [1.807, 2.05) is 62.4 Å². The lowest BCUT2D eigenvalue weighted by molar-refractivity contribution is -0.133. The van der Waals surface area contributed by atoms with Gasteiger partial charge in [-0.3, -0.25) is 9.59 Å². The highest BCUT2D eigenvalue weighted by Gasteiger charge is 2.31. The Hall–Kier alpha value is -2.67. The number of nitrogens with zero attached hydrogens (tertiary/aromatic N) is 2. The number of amides is 2. The van der Waals surface area contributed by atoms with Gasteiger partial charge < -0.3 is 9.64 Å². The second kappa shape index (κ2) is 9.69. The zero-order valence-electron chi connectivity index (χ0n) is 16.5. The van der Waals surface area contributed by atoms with E-state index in [4.69, 9.17) is 4.74 Å². The van der Waals surface area contributed by atoms with Crippen molar-refractivity contribution < 1.29 is 14.3 Å². The van der Waals surface area contributed by atoms with Crippen LogP contribution >= 0.6 is 15.9 Å². The first-order valence-corrected chi connectivity index (χ1v) is 10.3. The number of nitrogens with one attached hydrogen (secondary N) is 1. The molecule has 0 aromatic heterocycles. The fourth-order valence-electron chi connectivity index (χ4n) is 3.24. The predicted octanol–water partition coefficient (Wildman–Crippen LogP) is 3.70. The SMILES string of the molecule is CC(C)Oc1ccc(Br)cc1/C=N/NC(=O)CN1CC(c2ccccc2)CC1=O. The summed E-state index contributed by atoms with van der Waals surface area (Å²) >= 11 is 3.42. The van der Waals surface area contributed by atoms with Crippen molar-refractivity contribution in [3.8, 4) is 5.75 Å². The Bertz CT molecular complexity index is 899. The molecule has 1 N–H and O–H groups in total. The predicted molar refractivity (Wildman–Crippen MR) is 116 cm³/mol. The van der Waals surface area contributed by atoms with Gasteiger partial charge in [0.1, 0.15) is 12.3 Å². The molecule has 0 bridgehead atoms. The second-order valence-electron chi connectivity index (χ2n) is 7.23. The number of ether oxygens (including phenoxy) is 1. The average molecular weight is 458 g/mol. The number of hydrogen-bond donors (Lipinski definition) is 1. The molecule has 1 heterocycles. The second-order valence-corrected chi connectivity index (χ2v) is 8.14. The van der Waals surface area contributed by atoms with Crippen LogP contribution in [0.25, 0.3) is 0 Å². The molecule has 29 heavy (non-hydrogen) atoms. The largest absolute Gasteiger partial charge is 0.490 e. The summed E-state index contributed by atoms with van der Waals surface area (Å²) in [5.74, 6) is 0.460. The van der Waals surface area contributed by atoms with E-state index in [1.165, 1.54) is 0 Å². The Morgan fingerprint density at radius 2 is 2.07 bits per heavy atom. The van der Waals surface area contributed by atoms with E-state index in [2.05, 4.69) is 26.5 Å². The number of carbonyl (C=O) groups is 2. The van der Waals surface area contributed by atoms with Crippen LogP contribution in [0, 0.1) is 0 Å². The molecule has 152 valence electrons. The Balaban J connectivity index is 1.56. The van der Waals surface area contributed by atoms with Gasteiger partial charge in [-0.1, -0.05) is 46.3 Å². The number of rotatable bonds is 7. The van der Waals surface area contributed by atoms with Crippen LogP contribution in [0.2, 0.25) is 0 Å². The van der Waals surface area contributed by atoms with Crippen LogP contribution in [0.3, 0.4) is 0 Å². The van der Waals surface area contributed by atoms with Crippen LogP contribution < -0.4 is 10.2 Å². The molecule has 1 fully saturated rings. The maximum absolute atomic E-state index is 12.3. The quantitative estimate of drug-likeness (QED) is 0.508. The molecule has 2 aromatic rings. The summed E-state index contributed by atoms with van der Waals surface area (Å²) in [6.07, 6.45) is 1.99. The minimum atomic E-state index is -0.329. The van der Waals surface area contributed by atoms with Gasteiger partial charge in [0.05, 0.1) is 12.3 Å². The van der Waals surface area contributed by atoms with Crippen molar-refractivity contribution in [1.29, 1.82) is 0 Å². The summed E-state index contributed by atoms with van der Waals surface area (Å²) in [5.41, 5.74) is 4.36. The third kappa shape index (κ3) is 5.90. The van der Waals surface area contributed by atoms with Crippen LogP contribution in [-0.2, 0) is 9.59 Å². The maximum Gasteiger partial charge on any atom is 0.259 e. The molecular formula is C22H24BrN3O3. The van der Waals surface area contributed by atoms with Gasteiger partial charge in [-0.15, -0.1) is 0 Å². The third-order valence-corrected chi connectivity index (χ3v) is 5.04. The first-order valence-electron chi connectivity index (χ1n) is 9.53. The van der Waals surface area contributed by atoms with E-state index in [1.54, 1.807) is 11.1 Å². The molecule has 2 amide bonds. The topological polar surface area (TPSA) is 71.0 Å². The van der Waals surface area contributed by atoms with Crippen LogP contribution in [-0.4, -0.2) is 42.1 Å². The highest BCUT2D eigenvalue weighted by atomic mass is 79.9. The van der Waals surface area contributed by atoms with Gasteiger partial charge in [0, 0.05) is 28.9 Å². The van der Waals surface area contributed by atoms with Crippen molar-refractivity contribution in [3.05, 3.63) is 64.1 Å². The number of benzene rings is 2. The Kier molecular flexibility index (Phi) is 7.04. The molecular weight excluding hydrogens is 434 g/mol. The summed E-state index contributed by atoms with van der Waals surface area (Å²) in [7, 11) is 0. The lowest BCUT2D eigenvalue weighted by Gasteiger charge is -2.15. The van der Waals surface area contributed by atoms with Crippen LogP contribution in [0.15, 0.2) is 58.1 Å². The van der Waals surface area contributed by atoms with E-state index >= 15 is 0 Å². The van der Waals surface area contributed by atoms with Gasteiger partial charge in [0.2, 0.25) is 5.91 Å². The molecule has 1 saturated heterocycles. The van der Waals surface area contributed by atoms with Crippen LogP contribution in [0.5, 0.6) is 5.75 Å². The fourth-order valence-corrected chi connectivity index (χ4v) is 3.62. The van der Waals surface area contributed by atoms with Crippen molar-refractivity contribution in [2.24, 2.45) is 5.10 Å². The molecule has 1 aliphatic rings. The smallest absolute Gasteiger partial charge is 0.259 e. The van der Waals surface area contributed by atoms with Gasteiger partial charge >= 0.3 is 0 Å². The fraction of sp³-hybridized carbons (Fsp3) is 0.318. The highest BCUT2D eigenvalue weighted by molar-refractivity contribution is 9.10. The number of halogens is 1. The zero-order valence-corrected chi connectivity index (χ0v) is 18.1. The zero-order chi connectivity index (χ0) is 20.8. The number of carbonyl (C=O) groups excluding carboxylic acids is 2. The van der Waals surface area contributed by atoms with E-state index in [9.17, 15) is 9.59 Å². The Morgan fingerprint density at radius 1 is 1.31 bits per heavy atom. The van der Waals surface area contributed by atoms with E-state index < -0.39 is 0 Å². The van der Waals surface area contributed by atoms with Gasteiger partial charge in [0.25, 0.3) is 5.91 Å². The molecule has 0 radical (unpaired) electrons. The van der Waals surface area contributed by atoms with E-state index in [0.717, 1.165) is 15.6 Å². The number of hydrogen-bond acceptors (Lipinski definition) is 4. The summed E-state index contributed by atoms with van der Waals surface area (Å²) in [6, 6.07) is 15.5. The lowest BCUT2D eigenvalue weighted by Crippen LogP contribution is -2.36. The Labute approximate surface area is 179 Å². The molecule has 0 saturated carbocycles. The normalized spacial score (nSPS) is 16.6. The third-order valence-electron chi connectivity index (χ3n) is 4.55. The first-order chi connectivity index (χ1) is 13.9. The number of hydrazone groups is 1. The lowest BCUT2D eigenvalue weighted by atomic mass is 9.99. The molecule has 3 rings (SSSR count). The molecule has 6 nitrogen and oxygen atoms in total. The standard InChI is InChI=1S/C22H24BrN3O3/c1-15(2)29-20-9-8-19(23)10-17(20)12-24-25-21(27)14-26-13-18(11-22(26)28)16-6-4-3-5-7-16/h3-10,12,15,18H,11,13-14H2,1-2H3,(H,25,27)/b24-12+. The van der Waals surface area contributed by atoms with Gasteiger partial charge in [-0.25, -0.2) is 5.43 Å². The molecule has 1 aliphatic heterocycles. The molecule has 2 aromatic carbocycles. The summed E-state index contributed by atoms with van der Waals surface area (Å²) in [6.45, 7) is 4.42. The van der Waals surface area contributed by atoms with Gasteiger partial charge in [0.15, 0.2) is 0 Å². The summed E-state index contributed by atoms with van der Waals surface area (Å²) < 4.78 is 6.64.